The minimum atomic E-state index is -0.327. The molecule has 3 nitrogen and oxygen atoms in total. The highest BCUT2D eigenvalue weighted by molar-refractivity contribution is 6.62. The maximum atomic E-state index is 7.38. The van der Waals surface area contributed by atoms with Gasteiger partial charge in [-0.05, 0) is 46.1 Å². The molecule has 1 saturated heterocycles. The highest BCUT2D eigenvalue weighted by Crippen LogP contribution is 2.49. The van der Waals surface area contributed by atoms with E-state index in [1.54, 1.807) is 0 Å². The molecule has 0 radical (unpaired) electrons. The molecule has 3 rings (SSSR count). The summed E-state index contributed by atoms with van der Waals surface area (Å²) in [6, 6.07) is 6.27. The summed E-state index contributed by atoms with van der Waals surface area (Å²) in [7, 11) is -0.327. The summed E-state index contributed by atoms with van der Waals surface area (Å²) in [6.07, 6.45) is 1.96. The standard InChI is InChI=1S/C17H22BNO2/c1-12-11-13(17(19-6)9-10-17)7-8-14(12)18-20-15(2,3)16(4,5)21-18/h7-8,11H,9-10H2,1-5H3. The number of rotatable bonds is 2. The Bertz CT molecular complexity index is 610. The van der Waals surface area contributed by atoms with Crippen molar-refractivity contribution in [2.45, 2.75) is 64.2 Å². The van der Waals surface area contributed by atoms with E-state index in [2.05, 4.69) is 57.7 Å². The maximum absolute atomic E-state index is 7.38. The van der Waals surface area contributed by atoms with E-state index in [9.17, 15) is 0 Å². The van der Waals surface area contributed by atoms with E-state index in [-0.39, 0.29) is 23.9 Å². The third-order valence-electron chi connectivity index (χ3n) is 5.25. The second kappa shape index (κ2) is 4.35. The van der Waals surface area contributed by atoms with Crippen molar-refractivity contribution >= 4 is 12.6 Å². The second-order valence-electron chi connectivity index (χ2n) is 7.30. The number of hydrogen-bond donors (Lipinski definition) is 0. The average molecular weight is 283 g/mol. The van der Waals surface area contributed by atoms with Gasteiger partial charge in [0.2, 0.25) is 0 Å². The molecule has 0 aromatic heterocycles. The Morgan fingerprint density at radius 2 is 1.67 bits per heavy atom. The molecule has 1 aliphatic heterocycles. The van der Waals surface area contributed by atoms with E-state index < -0.39 is 0 Å². The predicted octanol–water partition coefficient (Wildman–Crippen LogP) is 3.20. The van der Waals surface area contributed by atoms with Crippen molar-refractivity contribution in [1.82, 2.24) is 0 Å². The van der Waals surface area contributed by atoms with E-state index in [4.69, 9.17) is 15.9 Å². The second-order valence-corrected chi connectivity index (χ2v) is 7.30. The van der Waals surface area contributed by atoms with Crippen LogP contribution in [0, 0.1) is 13.5 Å². The van der Waals surface area contributed by atoms with Gasteiger partial charge < -0.3 is 14.2 Å². The molecule has 0 spiro atoms. The van der Waals surface area contributed by atoms with Gasteiger partial charge in [-0.15, -0.1) is 0 Å². The van der Waals surface area contributed by atoms with Crippen molar-refractivity contribution in [3.8, 4) is 0 Å². The average Bonchev–Trinajstić information content (AvgIpc) is 3.14. The fourth-order valence-corrected chi connectivity index (χ4v) is 2.78. The van der Waals surface area contributed by atoms with E-state index in [1.807, 2.05) is 0 Å². The normalized spacial score (nSPS) is 24.7. The number of nitrogens with zero attached hydrogens (tertiary/aromatic N) is 1. The lowest BCUT2D eigenvalue weighted by molar-refractivity contribution is 0.00578. The lowest BCUT2D eigenvalue weighted by Gasteiger charge is -2.32. The Morgan fingerprint density at radius 3 is 2.10 bits per heavy atom. The van der Waals surface area contributed by atoms with Crippen molar-refractivity contribution < 1.29 is 9.31 Å². The van der Waals surface area contributed by atoms with Crippen LogP contribution in [0.1, 0.15) is 51.7 Å². The number of aryl methyl sites for hydroxylation is 1. The Morgan fingerprint density at radius 1 is 1.10 bits per heavy atom. The third-order valence-corrected chi connectivity index (χ3v) is 5.25. The lowest BCUT2D eigenvalue weighted by Crippen LogP contribution is -2.41. The zero-order valence-electron chi connectivity index (χ0n) is 13.5. The zero-order valence-corrected chi connectivity index (χ0v) is 13.5. The van der Waals surface area contributed by atoms with Gasteiger partial charge in [0.15, 0.2) is 0 Å². The van der Waals surface area contributed by atoms with Crippen molar-refractivity contribution in [1.29, 1.82) is 0 Å². The summed E-state index contributed by atoms with van der Waals surface area (Å²) in [4.78, 5) is 3.80. The van der Waals surface area contributed by atoms with Crippen LogP contribution in [0.3, 0.4) is 0 Å². The van der Waals surface area contributed by atoms with Gasteiger partial charge in [-0.25, -0.2) is 6.57 Å². The van der Waals surface area contributed by atoms with E-state index in [0.29, 0.717) is 0 Å². The van der Waals surface area contributed by atoms with Crippen LogP contribution in [0.15, 0.2) is 18.2 Å². The molecule has 1 heterocycles. The summed E-state index contributed by atoms with van der Waals surface area (Å²) in [5, 5.41) is 0. The minimum absolute atomic E-state index is 0.251. The van der Waals surface area contributed by atoms with Gasteiger partial charge >= 0.3 is 7.12 Å². The topological polar surface area (TPSA) is 22.8 Å². The quantitative estimate of drug-likeness (QED) is 0.614. The molecule has 0 bridgehead atoms. The van der Waals surface area contributed by atoms with Crippen LogP contribution in [0.5, 0.6) is 0 Å². The highest BCUT2D eigenvalue weighted by atomic mass is 16.7. The smallest absolute Gasteiger partial charge is 0.399 e. The Balaban J connectivity index is 1.90. The Hall–Kier alpha value is -1.31. The van der Waals surface area contributed by atoms with E-state index in [1.165, 1.54) is 0 Å². The van der Waals surface area contributed by atoms with E-state index >= 15 is 0 Å². The molecule has 1 aromatic rings. The first kappa shape index (κ1) is 14.6. The summed E-state index contributed by atoms with van der Waals surface area (Å²) in [5.74, 6) is 0. The summed E-state index contributed by atoms with van der Waals surface area (Å²) >= 11 is 0. The van der Waals surface area contributed by atoms with Gasteiger partial charge in [0.25, 0.3) is 5.54 Å². The van der Waals surface area contributed by atoms with Crippen molar-refractivity contribution in [3.63, 3.8) is 0 Å². The van der Waals surface area contributed by atoms with E-state index in [0.717, 1.165) is 29.4 Å². The molecule has 4 heteroatoms. The fourth-order valence-electron chi connectivity index (χ4n) is 2.78. The molecule has 0 N–H and O–H groups in total. The molecule has 1 aromatic carbocycles. The first-order valence-corrected chi connectivity index (χ1v) is 7.56. The van der Waals surface area contributed by atoms with Crippen LogP contribution in [-0.2, 0) is 14.8 Å². The summed E-state index contributed by atoms with van der Waals surface area (Å²) < 4.78 is 12.2. The number of benzene rings is 1. The minimum Gasteiger partial charge on any atom is -0.399 e. The molecule has 1 saturated carbocycles. The molecule has 2 fully saturated rings. The van der Waals surface area contributed by atoms with Crippen LogP contribution in [0.4, 0.5) is 0 Å². The first-order valence-electron chi connectivity index (χ1n) is 7.56. The van der Waals surface area contributed by atoms with Crippen LogP contribution < -0.4 is 5.46 Å². The first-order chi connectivity index (χ1) is 9.71. The molecular weight excluding hydrogens is 261 g/mol. The van der Waals surface area contributed by atoms with Gasteiger partial charge in [0.1, 0.15) is 0 Å². The molecule has 0 unspecified atom stereocenters. The van der Waals surface area contributed by atoms with Gasteiger partial charge in [0, 0.05) is 18.4 Å². The van der Waals surface area contributed by atoms with Crippen LogP contribution >= 0.6 is 0 Å². The molecule has 0 atom stereocenters. The molecule has 21 heavy (non-hydrogen) atoms. The largest absolute Gasteiger partial charge is 0.495 e. The SMILES string of the molecule is [C-]#[N+]C1(c2ccc(B3OC(C)(C)C(C)(C)O3)c(C)c2)CC1. The number of hydrogen-bond acceptors (Lipinski definition) is 2. The molecule has 110 valence electrons. The summed E-state index contributed by atoms with van der Waals surface area (Å²) in [6.45, 7) is 17.7. The van der Waals surface area contributed by atoms with Gasteiger partial charge in [-0.1, -0.05) is 17.7 Å². The summed E-state index contributed by atoms with van der Waals surface area (Å²) in [5.41, 5.74) is 2.45. The monoisotopic (exact) mass is 283 g/mol. The maximum Gasteiger partial charge on any atom is 0.495 e. The van der Waals surface area contributed by atoms with Crippen molar-refractivity contribution in [3.05, 3.63) is 40.7 Å². The van der Waals surface area contributed by atoms with Crippen LogP contribution in [0.25, 0.3) is 4.85 Å². The fraction of sp³-hybridized carbons (Fsp3) is 0.588. The van der Waals surface area contributed by atoms with Crippen LogP contribution in [-0.4, -0.2) is 18.3 Å². The zero-order chi connectivity index (χ0) is 15.5. The molecule has 1 aliphatic carbocycles. The lowest BCUT2D eigenvalue weighted by atomic mass is 9.75. The van der Waals surface area contributed by atoms with Crippen LogP contribution in [0.2, 0.25) is 0 Å². The van der Waals surface area contributed by atoms with Gasteiger partial charge in [0.05, 0.1) is 11.2 Å². The predicted molar refractivity (Wildman–Crippen MR) is 84.4 cm³/mol. The van der Waals surface area contributed by atoms with Gasteiger partial charge in [-0.2, -0.15) is 0 Å². The third kappa shape index (κ3) is 2.20. The van der Waals surface area contributed by atoms with Gasteiger partial charge in [-0.3, -0.25) is 0 Å². The molecule has 2 aliphatic rings. The highest BCUT2D eigenvalue weighted by Gasteiger charge is 2.54. The Kier molecular flexibility index (Phi) is 3.03. The van der Waals surface area contributed by atoms with Crippen molar-refractivity contribution in [2.24, 2.45) is 0 Å². The molecule has 0 amide bonds. The molecular formula is C17H22BNO2. The van der Waals surface area contributed by atoms with Crippen molar-refractivity contribution in [2.75, 3.05) is 0 Å². The Labute approximate surface area is 127 Å².